The average molecular weight is 684 g/mol. The summed E-state index contributed by atoms with van der Waals surface area (Å²) in [5.74, 6) is -0.793. The number of nitrogens with zero attached hydrogens (tertiary/aromatic N) is 2. The maximum absolute atomic E-state index is 14.5. The number of carbonyl (C=O) groups excluding carboxylic acids is 1. The molecule has 0 bridgehead atoms. The van der Waals surface area contributed by atoms with Crippen LogP contribution in [0.4, 0.5) is 13.2 Å². The maximum Gasteiger partial charge on any atom is 0.434 e. The lowest BCUT2D eigenvalue weighted by molar-refractivity contribution is -0.140. The van der Waals surface area contributed by atoms with E-state index in [-0.39, 0.29) is 28.1 Å². The second kappa shape index (κ2) is 12.8. The smallest absolute Gasteiger partial charge is 0.434 e. The van der Waals surface area contributed by atoms with Crippen molar-refractivity contribution in [2.75, 3.05) is 6.61 Å². The quantitative estimate of drug-likeness (QED) is 0.168. The summed E-state index contributed by atoms with van der Waals surface area (Å²) < 4.78 is 55.8. The van der Waals surface area contributed by atoms with Gasteiger partial charge in [0.05, 0.1) is 22.8 Å². The van der Waals surface area contributed by atoms with Gasteiger partial charge in [0, 0.05) is 21.2 Å². The third-order valence-corrected chi connectivity index (χ3v) is 8.93. The highest BCUT2D eigenvalue weighted by molar-refractivity contribution is 7.07. The normalized spacial score (nSPS) is 15.1. The van der Waals surface area contributed by atoms with Gasteiger partial charge in [0.15, 0.2) is 10.5 Å². The van der Waals surface area contributed by atoms with E-state index in [0.29, 0.717) is 21.4 Å². The van der Waals surface area contributed by atoms with E-state index < -0.39 is 35.0 Å². The molecule has 0 fully saturated rings. The van der Waals surface area contributed by atoms with Gasteiger partial charge in [0.25, 0.3) is 5.56 Å². The van der Waals surface area contributed by atoms with Crippen LogP contribution in [0.15, 0.2) is 106 Å². The summed E-state index contributed by atoms with van der Waals surface area (Å²) in [5.41, 5.74) is -1.34. The highest BCUT2D eigenvalue weighted by atomic mass is 35.5. The van der Waals surface area contributed by atoms with Crippen molar-refractivity contribution in [3.8, 4) is 5.75 Å². The molecule has 0 amide bonds. The van der Waals surface area contributed by atoms with Gasteiger partial charge in [-0.05, 0) is 53.6 Å². The lowest BCUT2D eigenvalue weighted by atomic mass is 9.95. The summed E-state index contributed by atoms with van der Waals surface area (Å²) in [7, 11) is 0. The number of fused-ring (bicyclic) bond motifs is 2. The Kier molecular flexibility index (Phi) is 8.78. The molecule has 0 spiro atoms. The number of thiazole rings is 1. The molecular weight excluding hydrogens is 660 g/mol. The average Bonchev–Trinajstić information content (AvgIpc) is 3.35. The van der Waals surface area contributed by atoms with Crippen LogP contribution in [0.25, 0.3) is 16.8 Å². The fourth-order valence-electron chi connectivity index (χ4n) is 5.25. The van der Waals surface area contributed by atoms with Crippen LogP contribution in [-0.2, 0) is 16.1 Å². The zero-order chi connectivity index (χ0) is 32.6. The minimum Gasteiger partial charge on any atom is -0.488 e. The zero-order valence-electron chi connectivity index (χ0n) is 24.0. The summed E-state index contributed by atoms with van der Waals surface area (Å²) in [4.78, 5) is 30.9. The number of aromatic nitrogens is 1. The summed E-state index contributed by atoms with van der Waals surface area (Å²) in [6.07, 6.45) is -3.44. The van der Waals surface area contributed by atoms with Crippen LogP contribution in [0.2, 0.25) is 10.0 Å². The highest BCUT2D eigenvalue weighted by Crippen LogP contribution is 2.38. The first-order valence-corrected chi connectivity index (χ1v) is 15.6. The first kappa shape index (κ1) is 31.6. The molecule has 5 aromatic rings. The molecule has 0 aliphatic carbocycles. The van der Waals surface area contributed by atoms with Gasteiger partial charge in [-0.1, -0.05) is 95.2 Å². The summed E-state index contributed by atoms with van der Waals surface area (Å²) in [6.45, 7) is 1.44. The number of esters is 1. The molecular formula is C34H23Cl2F3N2O4S. The number of alkyl halides is 3. The SMILES string of the molecule is CCOC(=O)C1=C(C(F)(F)F)N=c2s/c(=C\c3c(OCc4ccccc4Cl)ccc4ccccc34)c(=O)n2[C@H]1c1ccc(Cl)cc1. The van der Waals surface area contributed by atoms with Crippen LogP contribution < -0.4 is 19.6 Å². The van der Waals surface area contributed by atoms with Crippen molar-refractivity contribution in [2.45, 2.75) is 25.7 Å². The predicted molar refractivity (Wildman–Crippen MR) is 172 cm³/mol. The lowest BCUT2D eigenvalue weighted by Gasteiger charge is -2.26. The number of allylic oxidation sites excluding steroid dienone is 1. The fraction of sp³-hybridized carbons (Fsp3) is 0.147. The molecule has 46 heavy (non-hydrogen) atoms. The number of halogens is 5. The maximum atomic E-state index is 14.5. The second-order valence-electron chi connectivity index (χ2n) is 10.2. The van der Waals surface area contributed by atoms with Crippen LogP contribution >= 0.6 is 34.5 Å². The Morgan fingerprint density at radius 2 is 1.72 bits per heavy atom. The van der Waals surface area contributed by atoms with Crippen molar-refractivity contribution in [3.05, 3.63) is 143 Å². The number of ether oxygens (including phenoxy) is 2. The van der Waals surface area contributed by atoms with Gasteiger partial charge in [-0.15, -0.1) is 0 Å². The number of hydrogen-bond acceptors (Lipinski definition) is 6. The van der Waals surface area contributed by atoms with E-state index in [2.05, 4.69) is 4.99 Å². The summed E-state index contributed by atoms with van der Waals surface area (Å²) >= 11 is 13.2. The largest absolute Gasteiger partial charge is 0.488 e. The Balaban J connectivity index is 1.58. The molecule has 0 N–H and O–H groups in total. The Hall–Kier alpha value is -4.38. The third-order valence-electron chi connectivity index (χ3n) is 7.33. The fourth-order valence-corrected chi connectivity index (χ4v) is 6.55. The van der Waals surface area contributed by atoms with Crippen LogP contribution in [-0.4, -0.2) is 23.3 Å². The van der Waals surface area contributed by atoms with Gasteiger partial charge in [-0.2, -0.15) is 13.2 Å². The number of carbonyl (C=O) groups is 1. The molecule has 1 atom stereocenters. The van der Waals surface area contributed by atoms with Gasteiger partial charge in [-0.25, -0.2) is 9.79 Å². The van der Waals surface area contributed by atoms with Gasteiger partial charge in [0.2, 0.25) is 0 Å². The first-order chi connectivity index (χ1) is 22.1. The molecule has 1 aromatic heterocycles. The minimum atomic E-state index is -5.02. The van der Waals surface area contributed by atoms with E-state index in [4.69, 9.17) is 32.7 Å². The minimum absolute atomic E-state index is 0.0864. The molecule has 234 valence electrons. The summed E-state index contributed by atoms with van der Waals surface area (Å²) in [5, 5.41) is 2.46. The van der Waals surface area contributed by atoms with Crippen molar-refractivity contribution in [1.82, 2.24) is 4.57 Å². The molecule has 0 saturated heterocycles. The van der Waals surface area contributed by atoms with Crippen LogP contribution in [0.1, 0.15) is 29.7 Å². The molecule has 2 heterocycles. The van der Waals surface area contributed by atoms with Crippen LogP contribution in [0.3, 0.4) is 0 Å². The Labute approximate surface area is 274 Å². The molecule has 0 unspecified atom stereocenters. The van der Waals surface area contributed by atoms with E-state index in [1.54, 1.807) is 18.2 Å². The van der Waals surface area contributed by atoms with E-state index in [0.717, 1.165) is 32.2 Å². The van der Waals surface area contributed by atoms with Gasteiger partial charge >= 0.3 is 12.1 Å². The van der Waals surface area contributed by atoms with Gasteiger partial charge in [0.1, 0.15) is 12.4 Å². The molecule has 1 aliphatic heterocycles. The van der Waals surface area contributed by atoms with Crippen LogP contribution in [0, 0.1) is 0 Å². The molecule has 4 aromatic carbocycles. The van der Waals surface area contributed by atoms with Crippen LogP contribution in [0.5, 0.6) is 5.75 Å². The van der Waals surface area contributed by atoms with Crippen molar-refractivity contribution in [2.24, 2.45) is 4.99 Å². The topological polar surface area (TPSA) is 69.9 Å². The van der Waals surface area contributed by atoms with Crippen molar-refractivity contribution >= 4 is 57.4 Å². The Morgan fingerprint density at radius 1 is 1.00 bits per heavy atom. The van der Waals surface area contributed by atoms with Gasteiger partial charge in [-0.3, -0.25) is 9.36 Å². The van der Waals surface area contributed by atoms with E-state index in [9.17, 15) is 22.8 Å². The Morgan fingerprint density at radius 3 is 2.43 bits per heavy atom. The highest BCUT2D eigenvalue weighted by Gasteiger charge is 2.45. The third kappa shape index (κ3) is 6.08. The monoisotopic (exact) mass is 682 g/mol. The zero-order valence-corrected chi connectivity index (χ0v) is 26.3. The molecule has 6 rings (SSSR count). The molecule has 6 nitrogen and oxygen atoms in total. The van der Waals surface area contributed by atoms with E-state index in [1.807, 2.05) is 48.5 Å². The predicted octanol–water partition coefficient (Wildman–Crippen LogP) is 7.38. The number of benzene rings is 4. The van der Waals surface area contributed by atoms with E-state index >= 15 is 0 Å². The molecule has 0 saturated carbocycles. The Bertz CT molecular complexity index is 2190. The van der Waals surface area contributed by atoms with Gasteiger partial charge < -0.3 is 9.47 Å². The van der Waals surface area contributed by atoms with Crippen molar-refractivity contribution in [3.63, 3.8) is 0 Å². The standard InChI is InChI=1S/C34H23Cl2F3N2O4S/c1-2-44-32(43)28-29(20-11-14-22(35)15-12-20)41-31(42)27(46-33(41)40-30(28)34(37,38)39)17-24-23-9-5-3-7-19(23)13-16-26(24)45-18-21-8-4-6-10-25(21)36/h3-17,29H,2,18H2,1H3/b27-17-/t29-/m0/s1. The molecule has 1 aliphatic rings. The second-order valence-corrected chi connectivity index (χ2v) is 12.0. The number of hydrogen-bond donors (Lipinski definition) is 0. The first-order valence-electron chi connectivity index (χ1n) is 14.0. The van der Waals surface area contributed by atoms with Crippen molar-refractivity contribution in [1.29, 1.82) is 0 Å². The number of rotatable bonds is 7. The summed E-state index contributed by atoms with van der Waals surface area (Å²) in [6, 6.07) is 22.7. The molecule has 12 heteroatoms. The molecule has 0 radical (unpaired) electrons. The van der Waals surface area contributed by atoms with E-state index in [1.165, 1.54) is 31.2 Å². The lowest BCUT2D eigenvalue weighted by Crippen LogP contribution is -2.41. The van der Waals surface area contributed by atoms with Crippen molar-refractivity contribution < 1.29 is 27.4 Å².